The summed E-state index contributed by atoms with van der Waals surface area (Å²) >= 11 is 6.14. The van der Waals surface area contributed by atoms with Gasteiger partial charge in [0.2, 0.25) is 0 Å². The van der Waals surface area contributed by atoms with Crippen LogP contribution in [0.2, 0.25) is 5.02 Å². The second-order valence-corrected chi connectivity index (χ2v) is 6.90. The monoisotopic (exact) mass is 364 g/mol. The topological polar surface area (TPSA) is 100 Å². The number of aromatic amines is 1. The van der Waals surface area contributed by atoms with Gasteiger partial charge in [0.05, 0.1) is 21.9 Å². The van der Waals surface area contributed by atoms with E-state index in [1.165, 1.54) is 12.4 Å². The van der Waals surface area contributed by atoms with Gasteiger partial charge in [-0.15, -0.1) is 0 Å². The first-order valence-electron chi connectivity index (χ1n) is 8.42. The van der Waals surface area contributed by atoms with Gasteiger partial charge in [-0.1, -0.05) is 37.3 Å². The Hall–Kier alpha value is -2.12. The maximum Gasteiger partial charge on any atom is 0.347 e. The molecule has 2 aromatic rings. The minimum Gasteiger partial charge on any atom is -0.388 e. The molecule has 0 bridgehead atoms. The predicted molar refractivity (Wildman–Crippen MR) is 94.2 cm³/mol. The van der Waals surface area contributed by atoms with Crippen LogP contribution in [0.3, 0.4) is 0 Å². The summed E-state index contributed by atoms with van der Waals surface area (Å²) in [5.74, 6) is -0.381. The summed E-state index contributed by atoms with van der Waals surface area (Å²) in [7, 11) is 0. The summed E-state index contributed by atoms with van der Waals surface area (Å²) < 4.78 is 1.14. The molecule has 3 N–H and O–H groups in total. The van der Waals surface area contributed by atoms with Crippen molar-refractivity contribution in [3.8, 4) is 5.69 Å². The summed E-state index contributed by atoms with van der Waals surface area (Å²) in [5, 5.41) is 17.6. The molecule has 0 aliphatic heterocycles. The van der Waals surface area contributed by atoms with Crippen LogP contribution in [-0.4, -0.2) is 37.9 Å². The van der Waals surface area contributed by atoms with Crippen LogP contribution >= 0.6 is 11.6 Å². The number of aliphatic hydroxyl groups is 1. The Balaban J connectivity index is 1.75. The van der Waals surface area contributed by atoms with Gasteiger partial charge in [-0.25, -0.2) is 4.79 Å². The Morgan fingerprint density at radius 2 is 2.04 bits per heavy atom. The van der Waals surface area contributed by atoms with E-state index in [-0.39, 0.29) is 23.0 Å². The Morgan fingerprint density at radius 3 is 2.68 bits per heavy atom. The molecule has 1 saturated carbocycles. The minimum absolute atomic E-state index is 0.189. The molecule has 1 aromatic carbocycles. The van der Waals surface area contributed by atoms with Gasteiger partial charge in [-0.05, 0) is 31.0 Å². The average molecular weight is 365 g/mol. The van der Waals surface area contributed by atoms with Gasteiger partial charge in [0, 0.05) is 6.54 Å². The van der Waals surface area contributed by atoms with E-state index in [2.05, 4.69) is 15.4 Å². The number of nitrogens with one attached hydrogen (secondary N) is 2. The van der Waals surface area contributed by atoms with Crippen LogP contribution in [-0.2, 0) is 0 Å². The zero-order valence-electron chi connectivity index (χ0n) is 13.8. The molecule has 7 nitrogen and oxygen atoms in total. The normalized spacial score (nSPS) is 17.0. The molecule has 0 spiro atoms. The summed E-state index contributed by atoms with van der Waals surface area (Å²) in [6.07, 6.45) is 6.80. The third-order valence-corrected chi connectivity index (χ3v) is 4.93. The third-order valence-electron chi connectivity index (χ3n) is 4.61. The molecular weight excluding hydrogens is 344 g/mol. The lowest BCUT2D eigenvalue weighted by Crippen LogP contribution is -2.42. The number of halogens is 1. The quantitative estimate of drug-likeness (QED) is 0.722. The fourth-order valence-corrected chi connectivity index (χ4v) is 3.37. The van der Waals surface area contributed by atoms with E-state index in [4.69, 9.17) is 11.6 Å². The number of carbonyl (C=O) groups excluding carboxylic acids is 1. The Kier molecular flexibility index (Phi) is 5.24. The highest BCUT2D eigenvalue weighted by Gasteiger charge is 2.28. The van der Waals surface area contributed by atoms with Crippen molar-refractivity contribution in [2.75, 3.05) is 6.54 Å². The van der Waals surface area contributed by atoms with Crippen molar-refractivity contribution in [3.63, 3.8) is 0 Å². The first kappa shape index (κ1) is 17.7. The number of nitrogens with zero attached hydrogens (tertiary/aromatic N) is 2. The molecule has 1 fully saturated rings. The largest absolute Gasteiger partial charge is 0.388 e. The lowest BCUT2D eigenvalue weighted by molar-refractivity contribution is 0.0246. The van der Waals surface area contributed by atoms with Crippen molar-refractivity contribution < 1.29 is 9.90 Å². The van der Waals surface area contributed by atoms with Gasteiger partial charge in [0.15, 0.2) is 0 Å². The van der Waals surface area contributed by atoms with Crippen LogP contribution in [0.4, 0.5) is 0 Å². The second-order valence-electron chi connectivity index (χ2n) is 6.49. The molecule has 8 heteroatoms. The van der Waals surface area contributed by atoms with E-state index in [0.717, 1.165) is 30.4 Å². The predicted octanol–water partition coefficient (Wildman–Crippen LogP) is 2.03. The zero-order chi connectivity index (χ0) is 17.9. The smallest absolute Gasteiger partial charge is 0.347 e. The van der Waals surface area contributed by atoms with E-state index in [9.17, 15) is 14.7 Å². The summed E-state index contributed by atoms with van der Waals surface area (Å²) in [5.41, 5.74) is -0.586. The molecule has 0 radical (unpaired) electrons. The van der Waals surface area contributed by atoms with Crippen molar-refractivity contribution in [1.29, 1.82) is 0 Å². The highest BCUT2D eigenvalue weighted by molar-refractivity contribution is 6.33. The molecule has 1 amide bonds. The Bertz CT molecular complexity index is 806. The van der Waals surface area contributed by atoms with Crippen molar-refractivity contribution in [1.82, 2.24) is 20.1 Å². The molecule has 0 unspecified atom stereocenters. The zero-order valence-corrected chi connectivity index (χ0v) is 14.6. The van der Waals surface area contributed by atoms with Crippen LogP contribution in [0.25, 0.3) is 5.69 Å². The van der Waals surface area contributed by atoms with E-state index >= 15 is 0 Å². The maximum atomic E-state index is 12.5. The molecule has 134 valence electrons. The van der Waals surface area contributed by atoms with E-state index in [1.807, 2.05) is 0 Å². The number of H-pyrrole nitrogens is 1. The molecular formula is C17H21ClN4O3. The van der Waals surface area contributed by atoms with Gasteiger partial charge in [-0.2, -0.15) is 9.78 Å². The first-order chi connectivity index (χ1) is 12.0. The van der Waals surface area contributed by atoms with Gasteiger partial charge in [0.1, 0.15) is 6.33 Å². The molecule has 0 atom stereocenters. The van der Waals surface area contributed by atoms with Crippen LogP contribution in [0.5, 0.6) is 0 Å². The second kappa shape index (κ2) is 7.41. The van der Waals surface area contributed by atoms with Gasteiger partial charge in [-0.3, -0.25) is 9.78 Å². The van der Waals surface area contributed by atoms with Gasteiger partial charge < -0.3 is 10.4 Å². The maximum absolute atomic E-state index is 12.5. The number of hydrogen-bond donors (Lipinski definition) is 3. The minimum atomic E-state index is -0.866. The van der Waals surface area contributed by atoms with Crippen molar-refractivity contribution >= 4 is 17.5 Å². The number of amides is 1. The molecule has 1 heterocycles. The highest BCUT2D eigenvalue weighted by Crippen LogP contribution is 2.26. The lowest BCUT2D eigenvalue weighted by atomic mass is 9.94. The van der Waals surface area contributed by atoms with Crippen molar-refractivity contribution in [2.24, 2.45) is 0 Å². The first-order valence-corrected chi connectivity index (χ1v) is 8.80. The van der Waals surface area contributed by atoms with Crippen LogP contribution in [0, 0.1) is 0 Å². The van der Waals surface area contributed by atoms with E-state index in [1.54, 1.807) is 12.1 Å². The number of carbonyl (C=O) groups is 1. The fraction of sp³-hybridized carbons (Fsp3) is 0.471. The fourth-order valence-electron chi connectivity index (χ4n) is 3.16. The molecule has 3 rings (SSSR count). The lowest BCUT2D eigenvalue weighted by Gasteiger charge is -2.26. The molecule has 1 aliphatic carbocycles. The van der Waals surface area contributed by atoms with E-state index in [0.29, 0.717) is 18.5 Å². The number of rotatable bonds is 4. The Morgan fingerprint density at radius 1 is 1.32 bits per heavy atom. The molecule has 25 heavy (non-hydrogen) atoms. The molecule has 0 saturated heterocycles. The number of hydrogen-bond acceptors (Lipinski definition) is 4. The number of benzene rings is 1. The molecule has 1 aliphatic rings. The van der Waals surface area contributed by atoms with Gasteiger partial charge >= 0.3 is 5.69 Å². The highest BCUT2D eigenvalue weighted by atomic mass is 35.5. The molecule has 1 aromatic heterocycles. The standard InChI is InChI=1S/C17H21ClN4O3/c18-14-6-5-12(22-16(24)20-11-21-22)9-13(14)15(23)19-10-17(25)7-3-1-2-4-8-17/h5-6,9,11,25H,1-4,7-8,10H2,(H,19,23)(H,20,21,24). The van der Waals surface area contributed by atoms with Crippen LogP contribution < -0.4 is 11.0 Å². The average Bonchev–Trinajstić information content (AvgIpc) is 2.90. The summed E-state index contributed by atoms with van der Waals surface area (Å²) in [4.78, 5) is 26.6. The van der Waals surface area contributed by atoms with E-state index < -0.39 is 11.3 Å². The summed E-state index contributed by atoms with van der Waals surface area (Å²) in [6, 6.07) is 4.67. The Labute approximate surface area is 150 Å². The summed E-state index contributed by atoms with van der Waals surface area (Å²) in [6.45, 7) is 0.189. The third kappa shape index (κ3) is 4.11. The van der Waals surface area contributed by atoms with Gasteiger partial charge in [0.25, 0.3) is 5.91 Å². The van der Waals surface area contributed by atoms with Crippen molar-refractivity contribution in [3.05, 3.63) is 45.6 Å². The van der Waals surface area contributed by atoms with Crippen molar-refractivity contribution in [2.45, 2.75) is 44.1 Å². The van der Waals surface area contributed by atoms with Crippen LogP contribution in [0.1, 0.15) is 48.9 Å². The SMILES string of the molecule is O=C(NCC1(O)CCCCCC1)c1cc(-n2nc[nH]c2=O)ccc1Cl. The van der Waals surface area contributed by atoms with Crippen LogP contribution in [0.15, 0.2) is 29.3 Å². The number of aromatic nitrogens is 3.